The van der Waals surface area contributed by atoms with Crippen LogP contribution in [0, 0.1) is 33.1 Å². The monoisotopic (exact) mass is 382 g/mol. The van der Waals surface area contributed by atoms with E-state index < -0.39 is 11.9 Å². The number of aromatic carboxylic acids is 2. The number of hydrogen-bond donors (Lipinski definition) is 2. The van der Waals surface area contributed by atoms with Crippen molar-refractivity contribution in [3.63, 3.8) is 0 Å². The van der Waals surface area contributed by atoms with Gasteiger partial charge in [-0.1, -0.05) is 32.9 Å². The zero-order valence-electron chi connectivity index (χ0n) is 17.8. The zero-order valence-corrected chi connectivity index (χ0v) is 17.8. The lowest BCUT2D eigenvalue weighted by molar-refractivity contribution is 0.0685. The lowest BCUT2D eigenvalue weighted by Gasteiger charge is -2.28. The van der Waals surface area contributed by atoms with E-state index in [-0.39, 0.29) is 11.3 Å². The molecule has 28 heavy (non-hydrogen) atoms. The van der Waals surface area contributed by atoms with Gasteiger partial charge in [0.05, 0.1) is 11.1 Å². The van der Waals surface area contributed by atoms with E-state index in [1.54, 1.807) is 12.1 Å². The van der Waals surface area contributed by atoms with E-state index in [4.69, 9.17) is 0 Å². The minimum atomic E-state index is -0.941. The highest BCUT2D eigenvalue weighted by molar-refractivity contribution is 5.91. The highest BCUT2D eigenvalue weighted by atomic mass is 16.4. The molecule has 0 aliphatic carbocycles. The van der Waals surface area contributed by atoms with Crippen LogP contribution in [0.2, 0.25) is 0 Å². The highest BCUT2D eigenvalue weighted by Gasteiger charge is 2.25. The summed E-state index contributed by atoms with van der Waals surface area (Å²) in [6.07, 6.45) is 0.774. The van der Waals surface area contributed by atoms with Crippen LogP contribution in [0.5, 0.6) is 0 Å². The molecule has 0 aromatic heterocycles. The van der Waals surface area contributed by atoms with E-state index >= 15 is 0 Å². The molecule has 0 bridgehead atoms. The molecule has 2 aromatic carbocycles. The number of hydrogen-bond acceptors (Lipinski definition) is 2. The number of benzene rings is 2. The summed E-state index contributed by atoms with van der Waals surface area (Å²) in [5, 5.41) is 19.2. The minimum absolute atomic E-state index is 0.0188. The van der Waals surface area contributed by atoms with Crippen LogP contribution >= 0.6 is 0 Å². The van der Waals surface area contributed by atoms with Gasteiger partial charge in [-0.25, -0.2) is 9.59 Å². The highest BCUT2D eigenvalue weighted by Crippen LogP contribution is 2.38. The average Bonchev–Trinajstić information content (AvgIpc) is 2.56. The molecule has 0 atom stereocenters. The Kier molecular flexibility index (Phi) is 6.03. The van der Waals surface area contributed by atoms with Crippen LogP contribution in [0.3, 0.4) is 0 Å². The molecule has 2 aromatic rings. The zero-order chi connectivity index (χ0) is 21.4. The van der Waals surface area contributed by atoms with Crippen LogP contribution in [0.15, 0.2) is 24.3 Å². The Labute approximate surface area is 167 Å². The smallest absolute Gasteiger partial charge is 0.335 e. The minimum Gasteiger partial charge on any atom is -0.478 e. The van der Waals surface area contributed by atoms with Crippen LogP contribution < -0.4 is 0 Å². The van der Waals surface area contributed by atoms with E-state index in [0.29, 0.717) is 11.1 Å². The summed E-state index contributed by atoms with van der Waals surface area (Å²) in [5.74, 6) is -1.97. The number of carboxylic acid groups (broad SMARTS) is 2. The average molecular weight is 383 g/mol. The standard InChI is InChI=1S/C24H30O4/c1-13-8-17(10-19(15(13)3)22(25)26)21(12-24(5,6)7)18-9-14(2)16(4)20(11-18)23(27)28/h8-11,21H,12H2,1-7H3,(H,25,26)(H,27,28). The topological polar surface area (TPSA) is 74.6 Å². The maximum absolute atomic E-state index is 11.7. The molecule has 0 aliphatic heterocycles. The van der Waals surface area contributed by atoms with Gasteiger partial charge in [0, 0.05) is 5.92 Å². The molecule has 4 heteroatoms. The van der Waals surface area contributed by atoms with Crippen molar-refractivity contribution in [1.29, 1.82) is 0 Å². The molecular formula is C24H30O4. The van der Waals surface area contributed by atoms with Crippen molar-refractivity contribution in [2.45, 2.75) is 60.8 Å². The Balaban J connectivity index is 2.75. The molecule has 0 saturated carbocycles. The molecule has 150 valence electrons. The third-order valence-corrected chi connectivity index (χ3v) is 5.46. The molecule has 0 unspecified atom stereocenters. The normalized spacial score (nSPS) is 11.7. The van der Waals surface area contributed by atoms with Crippen molar-refractivity contribution in [2.24, 2.45) is 5.41 Å². The van der Waals surface area contributed by atoms with Gasteiger partial charge in [-0.3, -0.25) is 0 Å². The summed E-state index contributed by atoms with van der Waals surface area (Å²) in [5.41, 5.74) is 5.79. The third kappa shape index (κ3) is 4.61. The lowest BCUT2D eigenvalue weighted by Crippen LogP contribution is -2.16. The first-order chi connectivity index (χ1) is 12.8. The van der Waals surface area contributed by atoms with Gasteiger partial charge in [-0.05, 0) is 85.0 Å². The maximum Gasteiger partial charge on any atom is 0.335 e. The Bertz CT molecular complexity index is 863. The first kappa shape index (κ1) is 21.7. The number of carboxylic acids is 2. The van der Waals surface area contributed by atoms with Gasteiger partial charge in [0.15, 0.2) is 0 Å². The summed E-state index contributed by atoms with van der Waals surface area (Å²) in [6, 6.07) is 7.56. The summed E-state index contributed by atoms with van der Waals surface area (Å²) >= 11 is 0. The Morgan fingerprint density at radius 1 is 0.786 bits per heavy atom. The number of aryl methyl sites for hydroxylation is 2. The molecule has 0 aliphatic rings. The largest absolute Gasteiger partial charge is 0.478 e. The first-order valence-electron chi connectivity index (χ1n) is 9.50. The van der Waals surface area contributed by atoms with Gasteiger partial charge < -0.3 is 10.2 Å². The van der Waals surface area contributed by atoms with Crippen LogP contribution in [-0.4, -0.2) is 22.2 Å². The van der Waals surface area contributed by atoms with E-state index in [0.717, 1.165) is 39.8 Å². The maximum atomic E-state index is 11.7. The quantitative estimate of drug-likeness (QED) is 0.676. The van der Waals surface area contributed by atoms with Crippen LogP contribution in [0.1, 0.15) is 87.2 Å². The van der Waals surface area contributed by atoms with Crippen molar-refractivity contribution < 1.29 is 19.8 Å². The van der Waals surface area contributed by atoms with E-state index in [9.17, 15) is 19.8 Å². The second kappa shape index (κ2) is 7.78. The van der Waals surface area contributed by atoms with Crippen LogP contribution in [-0.2, 0) is 0 Å². The third-order valence-electron chi connectivity index (χ3n) is 5.46. The van der Waals surface area contributed by atoms with Crippen molar-refractivity contribution in [3.8, 4) is 0 Å². The van der Waals surface area contributed by atoms with E-state index in [1.807, 2.05) is 39.8 Å². The molecule has 0 saturated heterocycles. The predicted molar refractivity (Wildman–Crippen MR) is 112 cm³/mol. The van der Waals surface area contributed by atoms with E-state index in [1.165, 1.54) is 0 Å². The van der Waals surface area contributed by atoms with Crippen molar-refractivity contribution >= 4 is 11.9 Å². The first-order valence-corrected chi connectivity index (χ1v) is 9.50. The van der Waals surface area contributed by atoms with Crippen LogP contribution in [0.4, 0.5) is 0 Å². The molecule has 0 spiro atoms. The predicted octanol–water partition coefficient (Wildman–Crippen LogP) is 5.88. The molecule has 4 nitrogen and oxygen atoms in total. The second-order valence-electron chi connectivity index (χ2n) is 8.95. The molecule has 0 amide bonds. The van der Waals surface area contributed by atoms with Crippen molar-refractivity contribution in [2.75, 3.05) is 0 Å². The molecule has 2 rings (SSSR count). The molecular weight excluding hydrogens is 352 g/mol. The lowest BCUT2D eigenvalue weighted by atomic mass is 9.76. The summed E-state index contributed by atoms with van der Waals surface area (Å²) in [4.78, 5) is 23.5. The summed E-state index contributed by atoms with van der Waals surface area (Å²) in [6.45, 7) is 13.9. The van der Waals surface area contributed by atoms with Gasteiger partial charge in [0.25, 0.3) is 0 Å². The van der Waals surface area contributed by atoms with Crippen molar-refractivity contribution in [3.05, 3.63) is 68.8 Å². The summed E-state index contributed by atoms with van der Waals surface area (Å²) in [7, 11) is 0. The van der Waals surface area contributed by atoms with E-state index in [2.05, 4.69) is 20.8 Å². The Morgan fingerprint density at radius 3 is 1.43 bits per heavy atom. The number of carbonyl (C=O) groups is 2. The van der Waals surface area contributed by atoms with Crippen LogP contribution in [0.25, 0.3) is 0 Å². The fourth-order valence-electron chi connectivity index (χ4n) is 3.66. The molecule has 0 fully saturated rings. The molecule has 0 radical (unpaired) electrons. The van der Waals surface area contributed by atoms with Crippen molar-refractivity contribution in [1.82, 2.24) is 0 Å². The number of rotatable bonds is 5. The van der Waals surface area contributed by atoms with Gasteiger partial charge in [-0.15, -0.1) is 0 Å². The fraction of sp³-hybridized carbons (Fsp3) is 0.417. The Morgan fingerprint density at radius 2 is 1.14 bits per heavy atom. The molecule has 2 N–H and O–H groups in total. The SMILES string of the molecule is Cc1cc(C(CC(C)(C)C)c2cc(C)c(C)c(C(=O)O)c2)cc(C(=O)O)c1C. The summed E-state index contributed by atoms with van der Waals surface area (Å²) < 4.78 is 0. The molecule has 0 heterocycles. The van der Waals surface area contributed by atoms with Gasteiger partial charge in [0.2, 0.25) is 0 Å². The van der Waals surface area contributed by atoms with Gasteiger partial charge in [-0.2, -0.15) is 0 Å². The van der Waals surface area contributed by atoms with Gasteiger partial charge in [0.1, 0.15) is 0 Å². The Hall–Kier alpha value is -2.62. The fourth-order valence-corrected chi connectivity index (χ4v) is 3.66. The second-order valence-corrected chi connectivity index (χ2v) is 8.95. The van der Waals surface area contributed by atoms with Gasteiger partial charge >= 0.3 is 11.9 Å².